The Labute approximate surface area is 95.0 Å². The Morgan fingerprint density at radius 3 is 2.81 bits per heavy atom. The molecule has 3 N–H and O–H groups in total. The zero-order valence-electron chi connectivity index (χ0n) is 8.43. The monoisotopic (exact) mass is 223 g/mol. The quantitative estimate of drug-likeness (QED) is 0.683. The summed E-state index contributed by atoms with van der Waals surface area (Å²) in [6.07, 6.45) is -0.524. The number of methoxy groups -OCH3 is 1. The van der Waals surface area contributed by atoms with Crippen molar-refractivity contribution in [3.05, 3.63) is 35.4 Å². The van der Waals surface area contributed by atoms with E-state index >= 15 is 0 Å². The van der Waals surface area contributed by atoms with Gasteiger partial charge in [-0.2, -0.15) is 0 Å². The van der Waals surface area contributed by atoms with Crippen LogP contribution in [0.1, 0.15) is 18.6 Å². The Hall–Kier alpha value is -1.39. The van der Waals surface area contributed by atoms with E-state index in [1.165, 1.54) is 7.11 Å². The first-order valence-corrected chi connectivity index (χ1v) is 4.74. The van der Waals surface area contributed by atoms with Gasteiger partial charge in [-0.15, -0.1) is 0 Å². The molecule has 4 heteroatoms. The lowest BCUT2D eigenvalue weighted by atomic mass is 9.91. The van der Waals surface area contributed by atoms with Crippen LogP contribution in [-0.2, 0) is 21.5 Å². The van der Waals surface area contributed by atoms with E-state index in [0.717, 1.165) is 5.56 Å². The van der Waals surface area contributed by atoms with E-state index in [1.54, 1.807) is 12.1 Å². The Balaban J connectivity index is 0.00000128. The van der Waals surface area contributed by atoms with Gasteiger partial charge in [0.25, 0.3) is 0 Å². The molecule has 1 aromatic rings. The molecule has 0 fully saturated rings. The molecular formula is C12H17NO3. The van der Waals surface area contributed by atoms with E-state index in [1.807, 2.05) is 12.1 Å². The van der Waals surface area contributed by atoms with E-state index in [0.29, 0.717) is 12.0 Å². The van der Waals surface area contributed by atoms with Gasteiger partial charge in [-0.1, -0.05) is 31.7 Å². The lowest BCUT2D eigenvalue weighted by Gasteiger charge is -2.25. The van der Waals surface area contributed by atoms with Gasteiger partial charge < -0.3 is 15.6 Å². The van der Waals surface area contributed by atoms with Crippen LogP contribution >= 0.6 is 0 Å². The third-order valence-electron chi connectivity index (χ3n) is 2.93. The minimum absolute atomic E-state index is 0. The predicted molar refractivity (Wildman–Crippen MR) is 60.8 cm³/mol. The summed E-state index contributed by atoms with van der Waals surface area (Å²) < 4.78 is 4.64. The maximum atomic E-state index is 11.6. The Morgan fingerprint density at radius 2 is 2.19 bits per heavy atom. The zero-order valence-corrected chi connectivity index (χ0v) is 8.43. The lowest BCUT2D eigenvalue weighted by Crippen LogP contribution is -2.52. The second-order valence-electron chi connectivity index (χ2n) is 3.74. The van der Waals surface area contributed by atoms with E-state index < -0.39 is 17.6 Å². The normalized spacial score (nSPS) is 26.8. The van der Waals surface area contributed by atoms with E-state index in [9.17, 15) is 9.90 Å². The van der Waals surface area contributed by atoms with Gasteiger partial charge in [0.2, 0.25) is 0 Å². The number of carbonyl (C=O) groups excluding carboxylic acids is 1. The fraction of sp³-hybridized carbons (Fsp3) is 0.417. The minimum atomic E-state index is -1.41. The highest BCUT2D eigenvalue weighted by Gasteiger charge is 2.50. The first-order valence-electron chi connectivity index (χ1n) is 4.74. The molecule has 0 spiro atoms. The molecule has 0 saturated heterocycles. The molecule has 1 aliphatic rings. The smallest absolute Gasteiger partial charge is 0.333 e. The van der Waals surface area contributed by atoms with Crippen molar-refractivity contribution in [1.29, 1.82) is 0 Å². The molecule has 1 aromatic carbocycles. The third-order valence-corrected chi connectivity index (χ3v) is 2.93. The Morgan fingerprint density at radius 1 is 1.56 bits per heavy atom. The summed E-state index contributed by atoms with van der Waals surface area (Å²) >= 11 is 0. The van der Waals surface area contributed by atoms with Crippen LogP contribution < -0.4 is 5.73 Å². The molecule has 16 heavy (non-hydrogen) atoms. The van der Waals surface area contributed by atoms with Crippen molar-refractivity contribution in [2.45, 2.75) is 25.5 Å². The van der Waals surface area contributed by atoms with Crippen LogP contribution in [0.5, 0.6) is 0 Å². The standard InChI is InChI=1S/C11H13NO3.CH4/c1-15-10(14)11(12)8-5-3-2-4-7(8)6-9(11)13;/h2-5,9,13H,6,12H2,1H3;1H4/t9-,11-;/m1./s1. The van der Waals surface area contributed by atoms with Crippen LogP contribution in [0.3, 0.4) is 0 Å². The second kappa shape index (κ2) is 4.23. The van der Waals surface area contributed by atoms with Gasteiger partial charge in [-0.25, -0.2) is 4.79 Å². The van der Waals surface area contributed by atoms with Gasteiger partial charge in [0.1, 0.15) is 0 Å². The average molecular weight is 223 g/mol. The van der Waals surface area contributed by atoms with Gasteiger partial charge in [0.15, 0.2) is 5.54 Å². The number of hydrogen-bond donors (Lipinski definition) is 2. The number of aliphatic hydroxyl groups is 1. The van der Waals surface area contributed by atoms with Crippen molar-refractivity contribution in [3.8, 4) is 0 Å². The molecule has 0 aromatic heterocycles. The molecular weight excluding hydrogens is 206 g/mol. The van der Waals surface area contributed by atoms with Gasteiger partial charge in [-0.3, -0.25) is 0 Å². The number of nitrogens with two attached hydrogens (primary N) is 1. The van der Waals surface area contributed by atoms with Gasteiger partial charge >= 0.3 is 5.97 Å². The highest BCUT2D eigenvalue weighted by Crippen LogP contribution is 2.35. The number of rotatable bonds is 1. The van der Waals surface area contributed by atoms with Crippen LogP contribution in [0.15, 0.2) is 24.3 Å². The molecule has 88 valence electrons. The molecule has 2 rings (SSSR count). The molecule has 0 radical (unpaired) electrons. The molecule has 4 nitrogen and oxygen atoms in total. The van der Waals surface area contributed by atoms with E-state index in [-0.39, 0.29) is 7.43 Å². The largest absolute Gasteiger partial charge is 0.467 e. The molecule has 0 aliphatic heterocycles. The van der Waals surface area contributed by atoms with Crippen molar-refractivity contribution in [2.75, 3.05) is 7.11 Å². The first-order chi connectivity index (χ1) is 7.10. The lowest BCUT2D eigenvalue weighted by molar-refractivity contribution is -0.151. The van der Waals surface area contributed by atoms with Crippen LogP contribution in [0.25, 0.3) is 0 Å². The van der Waals surface area contributed by atoms with Crippen LogP contribution in [0.4, 0.5) is 0 Å². The van der Waals surface area contributed by atoms with Crippen LogP contribution in [-0.4, -0.2) is 24.3 Å². The number of hydrogen-bond acceptors (Lipinski definition) is 4. The second-order valence-corrected chi connectivity index (χ2v) is 3.74. The fourth-order valence-corrected chi connectivity index (χ4v) is 2.07. The number of aliphatic hydroxyl groups excluding tert-OH is 1. The summed E-state index contributed by atoms with van der Waals surface area (Å²) in [6.45, 7) is 0. The summed E-state index contributed by atoms with van der Waals surface area (Å²) in [5.74, 6) is -0.597. The number of carbonyl (C=O) groups is 1. The average Bonchev–Trinajstić information content (AvgIpc) is 2.52. The maximum Gasteiger partial charge on any atom is 0.333 e. The highest BCUT2D eigenvalue weighted by molar-refractivity contribution is 5.85. The van der Waals surface area contributed by atoms with Gasteiger partial charge in [0, 0.05) is 6.42 Å². The highest BCUT2D eigenvalue weighted by atomic mass is 16.5. The zero-order chi connectivity index (χ0) is 11.1. The molecule has 0 unspecified atom stereocenters. The summed E-state index contributed by atoms with van der Waals surface area (Å²) in [6, 6.07) is 7.26. The summed E-state index contributed by atoms with van der Waals surface area (Å²) in [5.41, 5.74) is 6.09. The molecule has 1 aliphatic carbocycles. The fourth-order valence-electron chi connectivity index (χ4n) is 2.07. The number of fused-ring (bicyclic) bond motifs is 1. The molecule has 0 bridgehead atoms. The van der Waals surface area contributed by atoms with Crippen molar-refractivity contribution in [1.82, 2.24) is 0 Å². The molecule has 0 saturated carbocycles. The summed E-state index contributed by atoms with van der Waals surface area (Å²) in [4.78, 5) is 11.6. The SMILES string of the molecule is C.COC(=O)[C@@]1(N)c2ccccc2C[C@H]1O. The van der Waals surface area contributed by atoms with Gasteiger partial charge in [0.05, 0.1) is 13.2 Å². The minimum Gasteiger partial charge on any atom is -0.467 e. The Kier molecular flexibility index (Phi) is 3.35. The van der Waals surface area contributed by atoms with Crippen LogP contribution in [0.2, 0.25) is 0 Å². The van der Waals surface area contributed by atoms with Gasteiger partial charge in [-0.05, 0) is 11.1 Å². The molecule has 2 atom stereocenters. The number of esters is 1. The predicted octanol–water partition coefficient (Wildman–Crippen LogP) is 0.567. The van der Waals surface area contributed by atoms with E-state index in [4.69, 9.17) is 5.73 Å². The Bertz CT molecular complexity index is 405. The summed E-state index contributed by atoms with van der Waals surface area (Å²) in [7, 11) is 1.27. The number of benzene rings is 1. The number of ether oxygens (including phenoxy) is 1. The van der Waals surface area contributed by atoms with Crippen molar-refractivity contribution < 1.29 is 14.6 Å². The van der Waals surface area contributed by atoms with Crippen LogP contribution in [0, 0.1) is 0 Å². The van der Waals surface area contributed by atoms with E-state index in [2.05, 4.69) is 4.74 Å². The first kappa shape index (κ1) is 12.7. The van der Waals surface area contributed by atoms with Crippen molar-refractivity contribution >= 4 is 5.97 Å². The maximum absolute atomic E-state index is 11.6. The topological polar surface area (TPSA) is 72.5 Å². The summed E-state index contributed by atoms with van der Waals surface area (Å²) in [5, 5.41) is 9.85. The molecule has 0 amide bonds. The third kappa shape index (κ3) is 1.50. The molecule has 0 heterocycles. The van der Waals surface area contributed by atoms with Crippen molar-refractivity contribution in [3.63, 3.8) is 0 Å². The van der Waals surface area contributed by atoms with Crippen molar-refractivity contribution in [2.24, 2.45) is 5.73 Å².